The Morgan fingerprint density at radius 1 is 1.25 bits per heavy atom. The SMILES string of the molecule is O=C(NCCc1cccc2c1CCC2(F)F)c1cn(C2CCOCC2)c(=O)c2cc[nH]c12. The third-order valence-corrected chi connectivity index (χ3v) is 6.61. The van der Waals surface area contributed by atoms with E-state index in [1.165, 1.54) is 6.07 Å². The summed E-state index contributed by atoms with van der Waals surface area (Å²) in [4.78, 5) is 29.0. The monoisotopic (exact) mass is 441 g/mol. The maximum atomic E-state index is 14.0. The second kappa shape index (κ2) is 8.16. The van der Waals surface area contributed by atoms with Gasteiger partial charge in [0.05, 0.1) is 16.5 Å². The molecule has 1 aromatic carbocycles. The Hall–Kier alpha value is -3.00. The van der Waals surface area contributed by atoms with E-state index < -0.39 is 5.92 Å². The van der Waals surface area contributed by atoms with Crippen molar-refractivity contribution >= 4 is 16.8 Å². The van der Waals surface area contributed by atoms with Crippen molar-refractivity contribution in [3.8, 4) is 0 Å². The van der Waals surface area contributed by atoms with Crippen LogP contribution in [0.4, 0.5) is 8.78 Å². The first-order chi connectivity index (χ1) is 15.5. The number of nitrogens with zero attached hydrogens (tertiary/aromatic N) is 1. The van der Waals surface area contributed by atoms with Crippen LogP contribution in [0.3, 0.4) is 0 Å². The van der Waals surface area contributed by atoms with Crippen LogP contribution in [0.2, 0.25) is 0 Å². The van der Waals surface area contributed by atoms with Crippen LogP contribution in [0.25, 0.3) is 10.9 Å². The zero-order chi connectivity index (χ0) is 22.3. The number of pyridine rings is 1. The van der Waals surface area contributed by atoms with E-state index >= 15 is 0 Å². The van der Waals surface area contributed by atoms with Crippen molar-refractivity contribution in [1.82, 2.24) is 14.9 Å². The highest BCUT2D eigenvalue weighted by molar-refractivity contribution is 6.05. The number of aromatic amines is 1. The second-order valence-electron chi connectivity index (χ2n) is 8.52. The number of hydrogen-bond acceptors (Lipinski definition) is 3. The van der Waals surface area contributed by atoms with Crippen LogP contribution in [0.5, 0.6) is 0 Å². The minimum Gasteiger partial charge on any atom is -0.381 e. The molecule has 2 aromatic heterocycles. The van der Waals surface area contributed by atoms with Crippen LogP contribution in [-0.2, 0) is 23.5 Å². The van der Waals surface area contributed by atoms with Gasteiger partial charge in [-0.3, -0.25) is 9.59 Å². The van der Waals surface area contributed by atoms with Crippen LogP contribution in [0, 0.1) is 0 Å². The number of rotatable bonds is 5. The highest BCUT2D eigenvalue weighted by atomic mass is 19.3. The van der Waals surface area contributed by atoms with Crippen LogP contribution < -0.4 is 10.9 Å². The van der Waals surface area contributed by atoms with Gasteiger partial charge in [0.25, 0.3) is 17.4 Å². The van der Waals surface area contributed by atoms with E-state index in [1.807, 2.05) is 6.07 Å². The Kier molecular flexibility index (Phi) is 5.33. The molecule has 168 valence electrons. The van der Waals surface area contributed by atoms with Gasteiger partial charge < -0.3 is 19.6 Å². The lowest BCUT2D eigenvalue weighted by Crippen LogP contribution is -2.32. The first kappa shape index (κ1) is 20.9. The molecule has 2 N–H and O–H groups in total. The van der Waals surface area contributed by atoms with Crippen LogP contribution in [-0.4, -0.2) is 35.2 Å². The Balaban J connectivity index is 1.36. The number of ether oxygens (including phenoxy) is 1. The molecule has 0 bridgehead atoms. The summed E-state index contributed by atoms with van der Waals surface area (Å²) in [6.45, 7) is 1.49. The zero-order valence-corrected chi connectivity index (χ0v) is 17.6. The average Bonchev–Trinajstić information content (AvgIpc) is 3.40. The largest absolute Gasteiger partial charge is 0.381 e. The molecule has 3 aromatic rings. The molecule has 0 radical (unpaired) electrons. The average molecular weight is 441 g/mol. The maximum absolute atomic E-state index is 14.0. The molecule has 32 heavy (non-hydrogen) atoms. The Bertz CT molecular complexity index is 1220. The number of halogens is 2. The molecule has 1 amide bonds. The van der Waals surface area contributed by atoms with Gasteiger partial charge in [-0.25, -0.2) is 8.78 Å². The Labute approximate surface area is 183 Å². The van der Waals surface area contributed by atoms with E-state index in [0.717, 1.165) is 18.4 Å². The van der Waals surface area contributed by atoms with Gasteiger partial charge in [0.15, 0.2) is 0 Å². The summed E-state index contributed by atoms with van der Waals surface area (Å²) in [5.41, 5.74) is 2.45. The van der Waals surface area contributed by atoms with Crippen molar-refractivity contribution in [2.45, 2.75) is 44.1 Å². The van der Waals surface area contributed by atoms with Crippen LogP contribution >= 0.6 is 0 Å². The van der Waals surface area contributed by atoms with Gasteiger partial charge in [0, 0.05) is 50.2 Å². The molecule has 8 heteroatoms. The second-order valence-corrected chi connectivity index (χ2v) is 8.52. The smallest absolute Gasteiger partial charge is 0.273 e. The number of benzene rings is 1. The topological polar surface area (TPSA) is 76.1 Å². The molecule has 1 saturated heterocycles. The van der Waals surface area contributed by atoms with Crippen molar-refractivity contribution in [2.75, 3.05) is 19.8 Å². The predicted octanol–water partition coefficient (Wildman–Crippen LogP) is 3.69. The van der Waals surface area contributed by atoms with Crippen LogP contribution in [0.1, 0.15) is 52.4 Å². The van der Waals surface area contributed by atoms with Gasteiger partial charge in [0.1, 0.15) is 0 Å². The van der Waals surface area contributed by atoms with E-state index in [2.05, 4.69) is 10.3 Å². The number of aromatic nitrogens is 2. The van der Waals surface area contributed by atoms with Crippen molar-refractivity contribution in [3.05, 3.63) is 69.3 Å². The molecule has 1 fully saturated rings. The molecule has 2 aliphatic rings. The molecule has 1 aliphatic carbocycles. The van der Waals surface area contributed by atoms with Gasteiger partial charge in [-0.2, -0.15) is 0 Å². The standard InChI is InChI=1S/C24H25F2N3O3/c25-24(26)9-4-17-15(2-1-3-20(17)24)5-10-28-22(30)19-14-29(16-7-12-32-13-8-16)23(31)18-6-11-27-21(18)19/h1-3,6,11,14,16,27H,4-5,7-10,12-13H2,(H,28,30). The minimum absolute atomic E-state index is 0.00401. The first-order valence-corrected chi connectivity index (χ1v) is 11.0. The predicted molar refractivity (Wildman–Crippen MR) is 116 cm³/mol. The van der Waals surface area contributed by atoms with Gasteiger partial charge in [-0.1, -0.05) is 18.2 Å². The molecule has 3 heterocycles. The molecule has 0 unspecified atom stereocenters. The minimum atomic E-state index is -2.77. The van der Waals surface area contributed by atoms with Crippen molar-refractivity contribution in [1.29, 1.82) is 0 Å². The number of alkyl halides is 2. The summed E-state index contributed by atoms with van der Waals surface area (Å²) in [6, 6.07) is 6.68. The fourth-order valence-electron chi connectivity index (χ4n) is 4.91. The summed E-state index contributed by atoms with van der Waals surface area (Å²) >= 11 is 0. The normalized spacial score (nSPS) is 18.1. The third kappa shape index (κ3) is 3.62. The van der Waals surface area contributed by atoms with Crippen LogP contribution in [0.15, 0.2) is 41.5 Å². The number of amides is 1. The molecular formula is C24H25F2N3O3. The summed E-state index contributed by atoms with van der Waals surface area (Å²) in [6.07, 6.45) is 5.40. The third-order valence-electron chi connectivity index (χ3n) is 6.61. The van der Waals surface area contributed by atoms with E-state index in [0.29, 0.717) is 54.6 Å². The highest BCUT2D eigenvalue weighted by Crippen LogP contribution is 2.42. The Morgan fingerprint density at radius 2 is 2.06 bits per heavy atom. The van der Waals surface area contributed by atoms with E-state index in [1.54, 1.807) is 29.1 Å². The Morgan fingerprint density at radius 3 is 2.88 bits per heavy atom. The lowest BCUT2D eigenvalue weighted by molar-refractivity contribution is -0.00185. The number of carbonyl (C=O) groups excluding carboxylic acids is 1. The first-order valence-electron chi connectivity index (χ1n) is 11.0. The number of H-pyrrole nitrogens is 1. The lowest BCUT2D eigenvalue weighted by Gasteiger charge is -2.25. The number of hydrogen-bond donors (Lipinski definition) is 2. The van der Waals surface area contributed by atoms with E-state index in [4.69, 9.17) is 4.74 Å². The van der Waals surface area contributed by atoms with Gasteiger partial charge in [0.2, 0.25) is 0 Å². The molecule has 1 aliphatic heterocycles. The van der Waals surface area contributed by atoms with Gasteiger partial charge in [-0.15, -0.1) is 0 Å². The molecular weight excluding hydrogens is 416 g/mol. The van der Waals surface area contributed by atoms with Crippen molar-refractivity contribution < 1.29 is 18.3 Å². The highest BCUT2D eigenvalue weighted by Gasteiger charge is 2.39. The van der Waals surface area contributed by atoms with Gasteiger partial charge in [-0.05, 0) is 42.9 Å². The number of carbonyl (C=O) groups is 1. The van der Waals surface area contributed by atoms with E-state index in [-0.39, 0.29) is 29.5 Å². The maximum Gasteiger partial charge on any atom is 0.273 e. The molecule has 0 spiro atoms. The molecule has 0 atom stereocenters. The van der Waals surface area contributed by atoms with Crippen molar-refractivity contribution in [2.24, 2.45) is 0 Å². The number of nitrogens with one attached hydrogen (secondary N) is 2. The summed E-state index contributed by atoms with van der Waals surface area (Å²) in [7, 11) is 0. The summed E-state index contributed by atoms with van der Waals surface area (Å²) in [5.74, 6) is -3.07. The summed E-state index contributed by atoms with van der Waals surface area (Å²) < 4.78 is 35.1. The number of fused-ring (bicyclic) bond motifs is 2. The zero-order valence-electron chi connectivity index (χ0n) is 17.6. The molecule has 6 nitrogen and oxygen atoms in total. The molecule has 0 saturated carbocycles. The molecule has 5 rings (SSSR count). The van der Waals surface area contributed by atoms with Gasteiger partial charge >= 0.3 is 0 Å². The summed E-state index contributed by atoms with van der Waals surface area (Å²) in [5, 5.41) is 3.38. The quantitative estimate of drug-likeness (QED) is 0.634. The lowest BCUT2D eigenvalue weighted by atomic mass is 10.0. The fourth-order valence-corrected chi connectivity index (χ4v) is 4.91. The van der Waals surface area contributed by atoms with Crippen molar-refractivity contribution in [3.63, 3.8) is 0 Å². The fraction of sp³-hybridized carbons (Fsp3) is 0.417. The van der Waals surface area contributed by atoms with E-state index in [9.17, 15) is 18.4 Å².